The van der Waals surface area contributed by atoms with Crippen LogP contribution in [0.15, 0.2) is 57.4 Å². The molecule has 166 valence electrons. The third kappa shape index (κ3) is 5.27. The summed E-state index contributed by atoms with van der Waals surface area (Å²) in [4.78, 5) is 18.3. The lowest BCUT2D eigenvalue weighted by molar-refractivity contribution is 0.358. The van der Waals surface area contributed by atoms with Gasteiger partial charge in [0.1, 0.15) is 18.2 Å². The quantitative estimate of drug-likeness (QED) is 0.159. The molecule has 2 aromatic carbocycles. The van der Waals surface area contributed by atoms with E-state index >= 15 is 0 Å². The molecule has 8 heteroatoms. The first-order valence-electron chi connectivity index (χ1n) is 10.5. The van der Waals surface area contributed by atoms with Crippen LogP contribution >= 0.6 is 61.1 Å². The van der Waals surface area contributed by atoms with Crippen molar-refractivity contribution < 1.29 is 4.74 Å². The van der Waals surface area contributed by atoms with Crippen LogP contribution in [0.25, 0.3) is 10.9 Å². The first kappa shape index (κ1) is 23.9. The monoisotopic (exact) mass is 717 g/mol. The molecule has 1 heterocycles. The number of aromatic nitrogens is 2. The Morgan fingerprint density at radius 1 is 1.19 bits per heavy atom. The lowest BCUT2D eigenvalue weighted by Gasteiger charge is -2.22. The lowest BCUT2D eigenvalue weighted by Crippen LogP contribution is -2.25. The number of hydrogen-bond acceptors (Lipinski definition) is 4. The Morgan fingerprint density at radius 2 is 1.91 bits per heavy atom. The molecule has 0 atom stereocenters. The van der Waals surface area contributed by atoms with Crippen molar-refractivity contribution in [3.05, 3.63) is 76.3 Å². The van der Waals surface area contributed by atoms with Gasteiger partial charge in [-0.05, 0) is 93.9 Å². The highest BCUT2D eigenvalue weighted by molar-refractivity contribution is 14.1. The maximum Gasteiger partial charge on any atom is 0.282 e. The molecular weight excluding hydrogens is 696 g/mol. The van der Waals surface area contributed by atoms with Gasteiger partial charge in [0.15, 0.2) is 0 Å². The fraction of sp³-hybridized carbons (Fsp3) is 0.292. The molecule has 1 aliphatic carbocycles. The SMILES string of the molecule is C=CCOc1c(I)cc(C=Nn2c(C3CCCCC3)nc3ccc(Br)cc3c2=O)cc1I. The number of halogens is 3. The van der Waals surface area contributed by atoms with Gasteiger partial charge in [-0.15, -0.1) is 0 Å². The zero-order valence-electron chi connectivity index (χ0n) is 17.4. The predicted molar refractivity (Wildman–Crippen MR) is 150 cm³/mol. The molecule has 0 bridgehead atoms. The van der Waals surface area contributed by atoms with Crippen LogP contribution in [0.5, 0.6) is 5.75 Å². The molecule has 0 saturated heterocycles. The highest BCUT2D eigenvalue weighted by Crippen LogP contribution is 2.32. The van der Waals surface area contributed by atoms with E-state index in [-0.39, 0.29) is 11.5 Å². The molecule has 1 fully saturated rings. The molecule has 3 aromatic rings. The Labute approximate surface area is 222 Å². The van der Waals surface area contributed by atoms with Crippen molar-refractivity contribution >= 4 is 78.2 Å². The first-order chi connectivity index (χ1) is 15.5. The minimum absolute atomic E-state index is 0.136. The summed E-state index contributed by atoms with van der Waals surface area (Å²) in [5.41, 5.74) is 1.49. The highest BCUT2D eigenvalue weighted by atomic mass is 127. The van der Waals surface area contributed by atoms with Gasteiger partial charge in [0.05, 0.1) is 24.3 Å². The second kappa shape index (κ2) is 10.8. The predicted octanol–water partition coefficient (Wildman–Crippen LogP) is 6.86. The molecule has 4 rings (SSSR count). The molecule has 32 heavy (non-hydrogen) atoms. The average Bonchev–Trinajstić information content (AvgIpc) is 2.79. The average molecular weight is 718 g/mol. The fourth-order valence-electron chi connectivity index (χ4n) is 3.96. The van der Waals surface area contributed by atoms with Gasteiger partial charge >= 0.3 is 0 Å². The molecule has 0 radical (unpaired) electrons. The Bertz CT molecular complexity index is 1230. The summed E-state index contributed by atoms with van der Waals surface area (Å²) in [5.74, 6) is 1.84. The van der Waals surface area contributed by atoms with Crippen molar-refractivity contribution in [1.29, 1.82) is 0 Å². The van der Waals surface area contributed by atoms with Gasteiger partial charge in [0, 0.05) is 10.4 Å². The summed E-state index contributed by atoms with van der Waals surface area (Å²) >= 11 is 7.98. The fourth-order valence-corrected chi connectivity index (χ4v) is 6.45. The van der Waals surface area contributed by atoms with E-state index in [9.17, 15) is 4.79 Å². The van der Waals surface area contributed by atoms with E-state index in [0.717, 1.165) is 60.0 Å². The van der Waals surface area contributed by atoms with E-state index in [1.165, 1.54) is 11.1 Å². The second-order valence-electron chi connectivity index (χ2n) is 7.74. The summed E-state index contributed by atoms with van der Waals surface area (Å²) in [7, 11) is 0. The largest absolute Gasteiger partial charge is 0.487 e. The topological polar surface area (TPSA) is 56.5 Å². The van der Waals surface area contributed by atoms with Crippen LogP contribution in [0.2, 0.25) is 0 Å². The van der Waals surface area contributed by atoms with Gasteiger partial charge in [0.2, 0.25) is 0 Å². The van der Waals surface area contributed by atoms with Crippen molar-refractivity contribution in [3.63, 3.8) is 0 Å². The summed E-state index contributed by atoms with van der Waals surface area (Å²) < 4.78 is 10.1. The maximum atomic E-state index is 13.4. The molecule has 1 saturated carbocycles. The second-order valence-corrected chi connectivity index (χ2v) is 11.0. The standard InChI is InChI=1S/C24H22BrI2N3O2/c1-2-10-32-22-19(26)11-15(12-20(22)27)14-28-30-23(16-6-4-3-5-7-16)29-21-9-8-17(25)13-18(21)24(30)31/h2,8-9,11-14,16H,1,3-7,10H2. The molecule has 0 spiro atoms. The number of benzene rings is 2. The lowest BCUT2D eigenvalue weighted by atomic mass is 9.88. The van der Waals surface area contributed by atoms with Gasteiger partial charge in [0.25, 0.3) is 5.56 Å². The molecule has 1 aliphatic rings. The van der Waals surface area contributed by atoms with E-state index in [0.29, 0.717) is 12.0 Å². The Kier molecular flexibility index (Phi) is 8.04. The Hall–Kier alpha value is -1.27. The maximum absolute atomic E-state index is 13.4. The van der Waals surface area contributed by atoms with Gasteiger partial charge < -0.3 is 4.74 Å². The minimum Gasteiger partial charge on any atom is -0.487 e. The van der Waals surface area contributed by atoms with E-state index in [4.69, 9.17) is 9.72 Å². The molecule has 0 N–H and O–H groups in total. The number of hydrogen-bond donors (Lipinski definition) is 0. The summed E-state index contributed by atoms with van der Waals surface area (Å²) in [6, 6.07) is 9.64. The van der Waals surface area contributed by atoms with Crippen LogP contribution in [0, 0.1) is 7.14 Å². The highest BCUT2D eigenvalue weighted by Gasteiger charge is 2.22. The third-order valence-electron chi connectivity index (χ3n) is 5.49. The van der Waals surface area contributed by atoms with Crippen LogP contribution in [0.3, 0.4) is 0 Å². The van der Waals surface area contributed by atoms with Crippen molar-refractivity contribution in [2.24, 2.45) is 5.10 Å². The van der Waals surface area contributed by atoms with E-state index < -0.39 is 0 Å². The van der Waals surface area contributed by atoms with Crippen molar-refractivity contribution in [2.75, 3.05) is 6.61 Å². The zero-order valence-corrected chi connectivity index (χ0v) is 23.3. The van der Waals surface area contributed by atoms with Gasteiger partial charge in [-0.3, -0.25) is 4.79 Å². The van der Waals surface area contributed by atoms with Crippen molar-refractivity contribution in [3.8, 4) is 5.75 Å². The zero-order chi connectivity index (χ0) is 22.7. The number of nitrogens with zero attached hydrogens (tertiary/aromatic N) is 3. The Morgan fingerprint density at radius 3 is 2.59 bits per heavy atom. The van der Waals surface area contributed by atoms with E-state index in [1.807, 2.05) is 30.3 Å². The van der Waals surface area contributed by atoms with Crippen LogP contribution in [-0.2, 0) is 0 Å². The van der Waals surface area contributed by atoms with Crippen LogP contribution < -0.4 is 10.3 Å². The van der Waals surface area contributed by atoms with Crippen LogP contribution in [0.1, 0.15) is 49.4 Å². The van der Waals surface area contributed by atoms with Crippen LogP contribution in [-0.4, -0.2) is 22.5 Å². The molecule has 0 unspecified atom stereocenters. The summed E-state index contributed by atoms with van der Waals surface area (Å²) in [6.45, 7) is 4.16. The van der Waals surface area contributed by atoms with Gasteiger partial charge in [-0.1, -0.05) is 47.8 Å². The molecular formula is C24H22BrI2N3O2. The normalized spacial score (nSPS) is 14.8. The van der Waals surface area contributed by atoms with Crippen molar-refractivity contribution in [1.82, 2.24) is 9.66 Å². The molecule has 0 aliphatic heterocycles. The third-order valence-corrected chi connectivity index (χ3v) is 7.59. The Balaban J connectivity index is 1.79. The number of fused-ring (bicyclic) bond motifs is 1. The van der Waals surface area contributed by atoms with E-state index in [2.05, 4.69) is 72.8 Å². The smallest absolute Gasteiger partial charge is 0.282 e. The van der Waals surface area contributed by atoms with Gasteiger partial charge in [-0.25, -0.2) is 4.98 Å². The van der Waals surface area contributed by atoms with Crippen LogP contribution in [0.4, 0.5) is 0 Å². The summed E-state index contributed by atoms with van der Waals surface area (Å²) in [5, 5.41) is 5.21. The summed E-state index contributed by atoms with van der Waals surface area (Å²) in [6.07, 6.45) is 9.09. The first-order valence-corrected chi connectivity index (χ1v) is 13.4. The molecule has 1 aromatic heterocycles. The minimum atomic E-state index is -0.136. The van der Waals surface area contributed by atoms with Gasteiger partial charge in [-0.2, -0.15) is 9.78 Å². The van der Waals surface area contributed by atoms with E-state index in [1.54, 1.807) is 12.3 Å². The van der Waals surface area contributed by atoms with Crippen molar-refractivity contribution in [2.45, 2.75) is 38.0 Å². The number of rotatable bonds is 6. The molecule has 0 amide bonds. The molecule has 5 nitrogen and oxygen atoms in total. The number of ether oxygens (including phenoxy) is 1.